The Balaban J connectivity index is 1.80. The summed E-state index contributed by atoms with van der Waals surface area (Å²) in [7, 11) is 0. The molecule has 24 heavy (non-hydrogen) atoms. The second-order valence-corrected chi connectivity index (χ2v) is 5.76. The first-order valence-electron chi connectivity index (χ1n) is 8.34. The van der Waals surface area contributed by atoms with E-state index < -0.39 is 0 Å². The van der Waals surface area contributed by atoms with Gasteiger partial charge in [-0.15, -0.1) is 0 Å². The number of guanidine groups is 1. The lowest BCUT2D eigenvalue weighted by Crippen LogP contribution is -2.43. The van der Waals surface area contributed by atoms with Gasteiger partial charge < -0.3 is 16.0 Å². The third-order valence-electron chi connectivity index (χ3n) is 3.79. The van der Waals surface area contributed by atoms with Crippen LogP contribution < -0.4 is 16.0 Å². The minimum absolute atomic E-state index is 0.290. The van der Waals surface area contributed by atoms with Gasteiger partial charge in [0.1, 0.15) is 5.82 Å². The predicted octanol–water partition coefficient (Wildman–Crippen LogP) is 2.14. The number of amides is 1. The quantitative estimate of drug-likeness (QED) is 0.324. The van der Waals surface area contributed by atoms with Crippen LogP contribution in [0.5, 0.6) is 0 Å². The van der Waals surface area contributed by atoms with E-state index in [2.05, 4.69) is 33.1 Å². The van der Waals surface area contributed by atoms with E-state index in [1.54, 1.807) is 19.1 Å². The SMILES string of the molecule is CCNC(=NCCNC(=O)c1ccc(C)c(F)c1)NC1CC=CC1. The Bertz CT molecular complexity index is 619. The van der Waals surface area contributed by atoms with E-state index in [1.165, 1.54) is 6.07 Å². The summed E-state index contributed by atoms with van der Waals surface area (Å²) in [4.78, 5) is 16.4. The van der Waals surface area contributed by atoms with Crippen molar-refractivity contribution in [2.45, 2.75) is 32.7 Å². The van der Waals surface area contributed by atoms with Gasteiger partial charge in [0.15, 0.2) is 5.96 Å². The molecule has 130 valence electrons. The van der Waals surface area contributed by atoms with Crippen molar-refractivity contribution in [2.24, 2.45) is 4.99 Å². The Morgan fingerprint density at radius 3 is 2.71 bits per heavy atom. The van der Waals surface area contributed by atoms with Gasteiger partial charge in [0.05, 0.1) is 6.54 Å². The van der Waals surface area contributed by atoms with E-state index in [9.17, 15) is 9.18 Å². The summed E-state index contributed by atoms with van der Waals surface area (Å²) in [6.45, 7) is 5.31. The third kappa shape index (κ3) is 5.37. The average Bonchev–Trinajstić information content (AvgIpc) is 3.07. The number of nitrogens with zero attached hydrogens (tertiary/aromatic N) is 1. The maximum absolute atomic E-state index is 13.5. The number of halogens is 1. The maximum Gasteiger partial charge on any atom is 0.251 e. The van der Waals surface area contributed by atoms with Crippen molar-refractivity contribution in [3.05, 3.63) is 47.3 Å². The fourth-order valence-electron chi connectivity index (χ4n) is 2.42. The molecule has 0 heterocycles. The van der Waals surface area contributed by atoms with Crippen molar-refractivity contribution in [1.29, 1.82) is 0 Å². The van der Waals surface area contributed by atoms with Gasteiger partial charge in [-0.3, -0.25) is 9.79 Å². The zero-order valence-corrected chi connectivity index (χ0v) is 14.2. The van der Waals surface area contributed by atoms with Gasteiger partial charge >= 0.3 is 0 Å². The molecule has 1 aliphatic carbocycles. The van der Waals surface area contributed by atoms with Gasteiger partial charge in [0.2, 0.25) is 0 Å². The van der Waals surface area contributed by atoms with E-state index in [1.807, 2.05) is 6.92 Å². The van der Waals surface area contributed by atoms with E-state index in [0.717, 1.165) is 25.3 Å². The van der Waals surface area contributed by atoms with Crippen molar-refractivity contribution >= 4 is 11.9 Å². The molecule has 0 saturated carbocycles. The van der Waals surface area contributed by atoms with Crippen LogP contribution in [-0.4, -0.2) is 37.5 Å². The maximum atomic E-state index is 13.5. The van der Waals surface area contributed by atoms with Crippen molar-refractivity contribution < 1.29 is 9.18 Å². The number of carbonyl (C=O) groups excluding carboxylic acids is 1. The molecule has 1 aliphatic rings. The van der Waals surface area contributed by atoms with Gasteiger partial charge in [0, 0.05) is 24.7 Å². The third-order valence-corrected chi connectivity index (χ3v) is 3.79. The van der Waals surface area contributed by atoms with Crippen LogP contribution in [0.2, 0.25) is 0 Å². The van der Waals surface area contributed by atoms with Crippen LogP contribution in [0, 0.1) is 12.7 Å². The molecule has 0 radical (unpaired) electrons. The highest BCUT2D eigenvalue weighted by Crippen LogP contribution is 2.09. The summed E-state index contributed by atoms with van der Waals surface area (Å²) < 4.78 is 13.5. The highest BCUT2D eigenvalue weighted by atomic mass is 19.1. The van der Waals surface area contributed by atoms with Crippen LogP contribution in [0.25, 0.3) is 0 Å². The molecule has 0 aromatic heterocycles. The molecule has 0 spiro atoms. The van der Waals surface area contributed by atoms with Crippen molar-refractivity contribution in [2.75, 3.05) is 19.6 Å². The molecule has 0 saturated heterocycles. The lowest BCUT2D eigenvalue weighted by Gasteiger charge is -2.16. The first kappa shape index (κ1) is 18.0. The Hall–Kier alpha value is -2.37. The molecule has 0 atom stereocenters. The lowest BCUT2D eigenvalue weighted by molar-refractivity contribution is 0.0954. The summed E-state index contributed by atoms with van der Waals surface area (Å²) in [5.74, 6) is 0.0911. The summed E-state index contributed by atoms with van der Waals surface area (Å²) in [5, 5.41) is 9.31. The highest BCUT2D eigenvalue weighted by Gasteiger charge is 2.11. The van der Waals surface area contributed by atoms with Gasteiger partial charge in [-0.1, -0.05) is 18.2 Å². The predicted molar refractivity (Wildman–Crippen MR) is 94.7 cm³/mol. The number of aliphatic imine (C=N–C) groups is 1. The number of hydrogen-bond acceptors (Lipinski definition) is 2. The van der Waals surface area contributed by atoms with Crippen LogP contribution in [0.15, 0.2) is 35.3 Å². The Labute approximate surface area is 142 Å². The molecular weight excluding hydrogens is 307 g/mol. The van der Waals surface area contributed by atoms with Crippen LogP contribution in [-0.2, 0) is 0 Å². The van der Waals surface area contributed by atoms with Crippen molar-refractivity contribution in [3.63, 3.8) is 0 Å². The van der Waals surface area contributed by atoms with Crippen LogP contribution in [0.4, 0.5) is 4.39 Å². The van der Waals surface area contributed by atoms with E-state index in [4.69, 9.17) is 0 Å². The van der Waals surface area contributed by atoms with E-state index >= 15 is 0 Å². The zero-order chi connectivity index (χ0) is 17.4. The Morgan fingerprint density at radius 2 is 2.04 bits per heavy atom. The van der Waals surface area contributed by atoms with Crippen LogP contribution in [0.3, 0.4) is 0 Å². The summed E-state index contributed by atoms with van der Waals surface area (Å²) in [6, 6.07) is 4.86. The number of carbonyl (C=O) groups is 1. The second-order valence-electron chi connectivity index (χ2n) is 5.76. The number of hydrogen-bond donors (Lipinski definition) is 3. The van der Waals surface area contributed by atoms with Gasteiger partial charge in [-0.05, 0) is 44.4 Å². The fourth-order valence-corrected chi connectivity index (χ4v) is 2.42. The molecular formula is C18H25FN4O. The van der Waals surface area contributed by atoms with Crippen LogP contribution >= 0.6 is 0 Å². The molecule has 1 aromatic rings. The molecule has 5 nitrogen and oxygen atoms in total. The van der Waals surface area contributed by atoms with E-state index in [-0.39, 0.29) is 11.7 Å². The largest absolute Gasteiger partial charge is 0.357 e. The first-order chi connectivity index (χ1) is 11.6. The number of nitrogens with one attached hydrogen (secondary N) is 3. The molecule has 2 rings (SSSR count). The molecule has 0 aliphatic heterocycles. The molecule has 3 N–H and O–H groups in total. The fraction of sp³-hybridized carbons (Fsp3) is 0.444. The smallest absolute Gasteiger partial charge is 0.251 e. The lowest BCUT2D eigenvalue weighted by atomic mass is 10.1. The van der Waals surface area contributed by atoms with E-state index in [0.29, 0.717) is 30.3 Å². The average molecular weight is 332 g/mol. The monoisotopic (exact) mass is 332 g/mol. The second kappa shape index (κ2) is 9.05. The molecule has 1 aromatic carbocycles. The van der Waals surface area contributed by atoms with Crippen molar-refractivity contribution in [1.82, 2.24) is 16.0 Å². The van der Waals surface area contributed by atoms with Crippen LogP contribution in [0.1, 0.15) is 35.7 Å². The van der Waals surface area contributed by atoms with Gasteiger partial charge in [-0.25, -0.2) is 4.39 Å². The van der Waals surface area contributed by atoms with Gasteiger partial charge in [-0.2, -0.15) is 0 Å². The normalized spacial score (nSPS) is 14.7. The Kier molecular flexibility index (Phi) is 6.78. The number of aryl methyl sites for hydroxylation is 1. The molecule has 0 unspecified atom stereocenters. The zero-order valence-electron chi connectivity index (χ0n) is 14.2. The number of rotatable bonds is 6. The van der Waals surface area contributed by atoms with Crippen molar-refractivity contribution in [3.8, 4) is 0 Å². The molecule has 0 fully saturated rings. The standard InChI is InChI=1S/C18H25FN4O/c1-3-20-18(23-15-6-4-5-7-15)22-11-10-21-17(24)14-9-8-13(2)16(19)12-14/h4-5,8-9,12,15H,3,6-7,10-11H2,1-2H3,(H,21,24)(H2,20,22,23). The topological polar surface area (TPSA) is 65.5 Å². The molecule has 1 amide bonds. The summed E-state index contributed by atoms with van der Waals surface area (Å²) >= 11 is 0. The summed E-state index contributed by atoms with van der Waals surface area (Å²) in [5.41, 5.74) is 0.850. The Morgan fingerprint density at radius 1 is 1.29 bits per heavy atom. The highest BCUT2D eigenvalue weighted by molar-refractivity contribution is 5.94. The molecule has 0 bridgehead atoms. The summed E-state index contributed by atoms with van der Waals surface area (Å²) in [6.07, 6.45) is 6.31. The molecule has 6 heteroatoms. The minimum atomic E-state index is -0.371. The number of benzene rings is 1. The van der Waals surface area contributed by atoms with Gasteiger partial charge in [0.25, 0.3) is 5.91 Å². The minimum Gasteiger partial charge on any atom is -0.357 e. The first-order valence-corrected chi connectivity index (χ1v) is 8.34.